The molecule has 0 atom stereocenters. The summed E-state index contributed by atoms with van der Waals surface area (Å²) in [6, 6.07) is 0. The maximum absolute atomic E-state index is 10.6. The maximum atomic E-state index is 10.6. The molecular weight excluding hydrogens is 212 g/mol. The first-order valence-corrected chi connectivity index (χ1v) is 5.95. The fourth-order valence-corrected chi connectivity index (χ4v) is 2.08. The number of hydrogen-bond donors (Lipinski definition) is 1. The number of likely N-dealkylation sites (N-methyl/N-ethyl adjacent to an activating group) is 1. The molecule has 0 amide bonds. The third-order valence-corrected chi connectivity index (χ3v) is 3.22. The number of thiazole rings is 1. The lowest BCUT2D eigenvalue weighted by Gasteiger charge is -2.16. The highest BCUT2D eigenvalue weighted by Gasteiger charge is 2.09. The Balaban J connectivity index is 2.47. The van der Waals surface area contributed by atoms with E-state index >= 15 is 0 Å². The van der Waals surface area contributed by atoms with Crippen LogP contribution in [-0.2, 0) is 6.42 Å². The minimum absolute atomic E-state index is 0.162. The molecule has 1 N–H and O–H groups in total. The second kappa shape index (κ2) is 5.82. The Labute approximate surface area is 93.6 Å². The summed E-state index contributed by atoms with van der Waals surface area (Å²) >= 11 is 1.42. The molecule has 1 aromatic heterocycles. The first-order chi connectivity index (χ1) is 7.17. The van der Waals surface area contributed by atoms with Crippen LogP contribution in [-0.4, -0.2) is 40.6 Å². The van der Waals surface area contributed by atoms with Gasteiger partial charge in [-0.15, -0.1) is 11.3 Å². The number of aromatic nitrogens is 1. The van der Waals surface area contributed by atoms with Gasteiger partial charge in [0.1, 0.15) is 0 Å². The average molecular weight is 228 g/mol. The number of carboxylic acids is 1. The minimum atomic E-state index is -0.944. The van der Waals surface area contributed by atoms with Crippen LogP contribution in [0.25, 0.3) is 0 Å². The summed E-state index contributed by atoms with van der Waals surface area (Å²) in [4.78, 5) is 16.9. The Morgan fingerprint density at radius 1 is 1.53 bits per heavy atom. The Hall–Kier alpha value is -0.940. The van der Waals surface area contributed by atoms with Crippen molar-refractivity contribution in [2.75, 3.05) is 19.6 Å². The van der Waals surface area contributed by atoms with Gasteiger partial charge in [0, 0.05) is 18.3 Å². The minimum Gasteiger partial charge on any atom is -0.476 e. The highest BCUT2D eigenvalue weighted by atomic mass is 32.1. The standard InChI is InChI=1S/C10H16N2O2S/c1-3-12(4-2)6-5-9-11-8(7-15-9)10(13)14/h7H,3-6H2,1-2H3,(H,13,14). The van der Waals surface area contributed by atoms with Crippen molar-refractivity contribution in [2.45, 2.75) is 20.3 Å². The first kappa shape index (κ1) is 12.1. The van der Waals surface area contributed by atoms with Gasteiger partial charge in [-0.3, -0.25) is 0 Å². The molecule has 0 aromatic carbocycles. The Bertz CT molecular complexity index is 321. The number of carbonyl (C=O) groups is 1. The predicted octanol–water partition coefficient (Wildman–Crippen LogP) is 1.73. The Morgan fingerprint density at radius 2 is 2.20 bits per heavy atom. The van der Waals surface area contributed by atoms with Crippen molar-refractivity contribution in [3.63, 3.8) is 0 Å². The molecule has 0 aliphatic heterocycles. The molecule has 84 valence electrons. The van der Waals surface area contributed by atoms with Crippen LogP contribution in [0.4, 0.5) is 0 Å². The monoisotopic (exact) mass is 228 g/mol. The molecule has 0 unspecified atom stereocenters. The second-order valence-electron chi connectivity index (χ2n) is 3.21. The molecule has 1 heterocycles. The molecule has 4 nitrogen and oxygen atoms in total. The van der Waals surface area contributed by atoms with Crippen LogP contribution in [0.2, 0.25) is 0 Å². The predicted molar refractivity (Wildman–Crippen MR) is 60.6 cm³/mol. The van der Waals surface area contributed by atoms with E-state index in [0.717, 1.165) is 31.1 Å². The molecule has 0 radical (unpaired) electrons. The molecule has 1 rings (SSSR count). The van der Waals surface area contributed by atoms with Crippen molar-refractivity contribution in [1.29, 1.82) is 0 Å². The molecule has 1 aromatic rings. The highest BCUT2D eigenvalue weighted by molar-refractivity contribution is 7.09. The zero-order valence-corrected chi connectivity index (χ0v) is 9.88. The summed E-state index contributed by atoms with van der Waals surface area (Å²) in [5, 5.41) is 11.2. The highest BCUT2D eigenvalue weighted by Crippen LogP contribution is 2.10. The fourth-order valence-electron chi connectivity index (χ4n) is 1.32. The van der Waals surface area contributed by atoms with Gasteiger partial charge in [-0.05, 0) is 13.1 Å². The lowest BCUT2D eigenvalue weighted by molar-refractivity contribution is 0.0691. The molecule has 0 fully saturated rings. The fraction of sp³-hybridized carbons (Fsp3) is 0.600. The van der Waals surface area contributed by atoms with Gasteiger partial charge in [-0.25, -0.2) is 9.78 Å². The van der Waals surface area contributed by atoms with Gasteiger partial charge in [-0.2, -0.15) is 0 Å². The van der Waals surface area contributed by atoms with E-state index in [2.05, 4.69) is 23.7 Å². The molecule has 0 saturated heterocycles. The van der Waals surface area contributed by atoms with Gasteiger partial charge in [-0.1, -0.05) is 13.8 Å². The van der Waals surface area contributed by atoms with Gasteiger partial charge in [0.15, 0.2) is 5.69 Å². The van der Waals surface area contributed by atoms with Crippen LogP contribution in [0.3, 0.4) is 0 Å². The van der Waals surface area contributed by atoms with Crippen molar-refractivity contribution in [3.8, 4) is 0 Å². The number of nitrogens with zero attached hydrogens (tertiary/aromatic N) is 2. The van der Waals surface area contributed by atoms with E-state index in [4.69, 9.17) is 5.11 Å². The lowest BCUT2D eigenvalue weighted by Crippen LogP contribution is -2.25. The van der Waals surface area contributed by atoms with Gasteiger partial charge in [0.2, 0.25) is 0 Å². The van der Waals surface area contributed by atoms with Gasteiger partial charge in [0.25, 0.3) is 0 Å². The van der Waals surface area contributed by atoms with Crippen molar-refractivity contribution in [1.82, 2.24) is 9.88 Å². The number of hydrogen-bond acceptors (Lipinski definition) is 4. The molecule has 0 saturated carbocycles. The van der Waals surface area contributed by atoms with E-state index in [-0.39, 0.29) is 5.69 Å². The van der Waals surface area contributed by atoms with E-state index in [1.165, 1.54) is 11.3 Å². The number of rotatable bonds is 6. The van der Waals surface area contributed by atoms with E-state index < -0.39 is 5.97 Å². The summed E-state index contributed by atoms with van der Waals surface area (Å²) < 4.78 is 0. The van der Waals surface area contributed by atoms with E-state index in [9.17, 15) is 4.79 Å². The molecule has 0 aliphatic rings. The summed E-state index contributed by atoms with van der Waals surface area (Å²) in [7, 11) is 0. The quantitative estimate of drug-likeness (QED) is 0.805. The second-order valence-corrected chi connectivity index (χ2v) is 4.15. The van der Waals surface area contributed by atoms with Gasteiger partial charge >= 0.3 is 5.97 Å². The van der Waals surface area contributed by atoms with E-state index in [0.29, 0.717) is 0 Å². The summed E-state index contributed by atoms with van der Waals surface area (Å²) in [5.74, 6) is -0.944. The van der Waals surface area contributed by atoms with Gasteiger partial charge < -0.3 is 10.0 Å². The molecule has 0 spiro atoms. The zero-order chi connectivity index (χ0) is 11.3. The number of aromatic carboxylic acids is 1. The summed E-state index contributed by atoms with van der Waals surface area (Å²) in [6.07, 6.45) is 0.833. The smallest absolute Gasteiger partial charge is 0.355 e. The number of carboxylic acid groups (broad SMARTS) is 1. The normalized spacial score (nSPS) is 10.9. The molecule has 15 heavy (non-hydrogen) atoms. The van der Waals surface area contributed by atoms with E-state index in [1.54, 1.807) is 5.38 Å². The SMILES string of the molecule is CCN(CC)CCc1nc(C(=O)O)cs1. The topological polar surface area (TPSA) is 53.4 Å². The molecular formula is C10H16N2O2S. The van der Waals surface area contributed by atoms with Crippen LogP contribution in [0, 0.1) is 0 Å². The largest absolute Gasteiger partial charge is 0.476 e. The van der Waals surface area contributed by atoms with Crippen molar-refractivity contribution in [3.05, 3.63) is 16.1 Å². The first-order valence-electron chi connectivity index (χ1n) is 5.07. The summed E-state index contributed by atoms with van der Waals surface area (Å²) in [6.45, 7) is 7.23. The Morgan fingerprint density at radius 3 is 2.67 bits per heavy atom. The van der Waals surface area contributed by atoms with Crippen molar-refractivity contribution < 1.29 is 9.90 Å². The summed E-state index contributed by atoms with van der Waals surface area (Å²) in [5.41, 5.74) is 0.162. The van der Waals surface area contributed by atoms with E-state index in [1.807, 2.05) is 0 Å². The molecule has 0 aliphatic carbocycles. The van der Waals surface area contributed by atoms with Crippen LogP contribution < -0.4 is 0 Å². The Kier molecular flexibility index (Phi) is 4.71. The van der Waals surface area contributed by atoms with Crippen LogP contribution in [0.5, 0.6) is 0 Å². The van der Waals surface area contributed by atoms with Crippen LogP contribution in [0.15, 0.2) is 5.38 Å². The van der Waals surface area contributed by atoms with Crippen molar-refractivity contribution in [2.24, 2.45) is 0 Å². The molecule has 5 heteroatoms. The van der Waals surface area contributed by atoms with Gasteiger partial charge in [0.05, 0.1) is 5.01 Å². The van der Waals surface area contributed by atoms with Crippen LogP contribution >= 0.6 is 11.3 Å². The third-order valence-electron chi connectivity index (χ3n) is 2.31. The average Bonchev–Trinajstić information content (AvgIpc) is 2.68. The third kappa shape index (κ3) is 3.60. The maximum Gasteiger partial charge on any atom is 0.355 e. The lowest BCUT2D eigenvalue weighted by atomic mass is 10.4. The molecule has 0 bridgehead atoms. The zero-order valence-electron chi connectivity index (χ0n) is 9.06. The van der Waals surface area contributed by atoms with Crippen LogP contribution in [0.1, 0.15) is 29.3 Å². The van der Waals surface area contributed by atoms with Crippen molar-refractivity contribution >= 4 is 17.3 Å².